The summed E-state index contributed by atoms with van der Waals surface area (Å²) in [5.74, 6) is 0.646. The number of carbonyl (C=O) groups is 1. The van der Waals surface area contributed by atoms with E-state index >= 15 is 0 Å². The second-order valence-electron chi connectivity index (χ2n) is 7.68. The number of amides is 1. The van der Waals surface area contributed by atoms with Crippen molar-refractivity contribution < 1.29 is 14.1 Å². The van der Waals surface area contributed by atoms with Crippen LogP contribution in [0.1, 0.15) is 54.4 Å². The Labute approximate surface area is 134 Å². The first kappa shape index (κ1) is 17.3. The Morgan fingerprint density at radius 1 is 1.18 bits per heavy atom. The second kappa shape index (κ2) is 6.21. The van der Waals surface area contributed by atoms with E-state index in [1.165, 1.54) is 12.8 Å². The number of hydrogen-bond donors (Lipinski definition) is 0. The van der Waals surface area contributed by atoms with Gasteiger partial charge in [0.25, 0.3) is 0 Å². The zero-order chi connectivity index (χ0) is 16.5. The van der Waals surface area contributed by atoms with Crippen LogP contribution in [0.25, 0.3) is 0 Å². The van der Waals surface area contributed by atoms with E-state index in [0.717, 1.165) is 24.0 Å². The molecule has 2 fully saturated rings. The summed E-state index contributed by atoms with van der Waals surface area (Å²) in [5.41, 5.74) is 1.29. The predicted molar refractivity (Wildman–Crippen MR) is 89.1 cm³/mol. The van der Waals surface area contributed by atoms with Gasteiger partial charge in [-0.05, 0) is 65.8 Å². The van der Waals surface area contributed by atoms with Crippen LogP contribution in [-0.2, 0) is 14.1 Å². The van der Waals surface area contributed by atoms with Crippen LogP contribution in [0.5, 0.6) is 0 Å². The molecule has 1 saturated carbocycles. The normalized spacial score (nSPS) is 23.4. The molecule has 2 aliphatic rings. The van der Waals surface area contributed by atoms with Crippen molar-refractivity contribution in [3.05, 3.63) is 23.3 Å². The van der Waals surface area contributed by atoms with Gasteiger partial charge in [-0.2, -0.15) is 0 Å². The summed E-state index contributed by atoms with van der Waals surface area (Å²) in [5, 5.41) is 0. The van der Waals surface area contributed by atoms with Crippen molar-refractivity contribution in [2.24, 2.45) is 5.92 Å². The number of rotatable bonds is 6. The first-order chi connectivity index (χ1) is 10.1. The van der Waals surface area contributed by atoms with Gasteiger partial charge in [0.2, 0.25) is 6.41 Å². The molecule has 1 saturated heterocycles. The second-order valence-corrected chi connectivity index (χ2v) is 7.68. The van der Waals surface area contributed by atoms with Gasteiger partial charge in [-0.15, -0.1) is 0 Å². The summed E-state index contributed by atoms with van der Waals surface area (Å²) in [6, 6.07) is 0. The van der Waals surface area contributed by atoms with Gasteiger partial charge >= 0.3 is 7.12 Å². The first-order valence-corrected chi connectivity index (χ1v) is 8.08. The molecule has 0 aromatic rings. The molecule has 0 atom stereocenters. The largest absolute Gasteiger partial charge is 0.496 e. The van der Waals surface area contributed by atoms with Crippen molar-refractivity contribution in [2.75, 3.05) is 6.54 Å². The van der Waals surface area contributed by atoms with E-state index in [1.54, 1.807) is 4.90 Å². The molecule has 5 heteroatoms. The molecular formula is C17H28BNO3. The van der Waals surface area contributed by atoms with Crippen LogP contribution in [0.3, 0.4) is 0 Å². The molecule has 0 radical (unpaired) electrons. The molecule has 2 rings (SSSR count). The fourth-order valence-electron chi connectivity index (χ4n) is 2.39. The van der Waals surface area contributed by atoms with Gasteiger partial charge in [0.15, 0.2) is 0 Å². The monoisotopic (exact) mass is 305 g/mol. The Morgan fingerprint density at radius 2 is 1.73 bits per heavy atom. The van der Waals surface area contributed by atoms with Gasteiger partial charge in [-0.25, -0.2) is 0 Å². The average Bonchev–Trinajstić information content (AvgIpc) is 3.15. The van der Waals surface area contributed by atoms with E-state index in [-0.39, 0.29) is 11.2 Å². The highest BCUT2D eigenvalue weighted by molar-refractivity contribution is 6.55. The Balaban J connectivity index is 2.22. The van der Waals surface area contributed by atoms with Gasteiger partial charge in [0, 0.05) is 12.7 Å². The highest BCUT2D eigenvalue weighted by atomic mass is 16.7. The molecule has 0 aromatic carbocycles. The maximum Gasteiger partial charge on any atom is 0.496 e. The summed E-state index contributed by atoms with van der Waals surface area (Å²) in [4.78, 5) is 13.1. The van der Waals surface area contributed by atoms with E-state index < -0.39 is 7.12 Å². The van der Waals surface area contributed by atoms with Gasteiger partial charge in [-0.3, -0.25) is 4.79 Å². The topological polar surface area (TPSA) is 38.8 Å². The Bertz CT molecular complexity index is 472. The Hall–Kier alpha value is -1.07. The fourth-order valence-corrected chi connectivity index (χ4v) is 2.39. The molecule has 4 nitrogen and oxygen atoms in total. The Kier molecular flexibility index (Phi) is 4.88. The smallest absolute Gasteiger partial charge is 0.399 e. The van der Waals surface area contributed by atoms with Gasteiger partial charge in [0.1, 0.15) is 0 Å². The molecule has 0 unspecified atom stereocenters. The van der Waals surface area contributed by atoms with Gasteiger partial charge in [0.05, 0.1) is 11.2 Å². The SMILES string of the molecule is CC(C)=C/C(=C\N(C=O)CC1CC1)B1OC(C)(C)C(C)(C)O1. The summed E-state index contributed by atoms with van der Waals surface area (Å²) in [6.45, 7) is 13.0. The first-order valence-electron chi connectivity index (χ1n) is 8.08. The zero-order valence-electron chi connectivity index (χ0n) is 14.7. The summed E-state index contributed by atoms with van der Waals surface area (Å²) in [7, 11) is -0.443. The van der Waals surface area contributed by atoms with Gasteiger partial charge in [-0.1, -0.05) is 11.6 Å². The summed E-state index contributed by atoms with van der Waals surface area (Å²) >= 11 is 0. The lowest BCUT2D eigenvalue weighted by Gasteiger charge is -2.32. The van der Waals surface area contributed by atoms with E-state index in [1.807, 2.05) is 53.8 Å². The molecule has 1 aliphatic carbocycles. The Morgan fingerprint density at radius 3 is 2.14 bits per heavy atom. The molecule has 1 amide bonds. The van der Waals surface area contributed by atoms with E-state index in [0.29, 0.717) is 5.92 Å². The lowest BCUT2D eigenvalue weighted by atomic mass is 9.77. The number of carbonyl (C=O) groups excluding carboxylic acids is 1. The molecule has 0 bridgehead atoms. The van der Waals surface area contributed by atoms with E-state index in [4.69, 9.17) is 9.31 Å². The number of nitrogens with zero attached hydrogens (tertiary/aromatic N) is 1. The van der Waals surface area contributed by atoms with Crippen LogP contribution in [0, 0.1) is 5.92 Å². The zero-order valence-corrected chi connectivity index (χ0v) is 14.7. The standard InChI is InChI=1S/C17H28BNO3/c1-13(2)9-15(11-19(12-20)10-14-7-8-14)18-21-16(3,4)17(5,6)22-18/h9,11-12,14H,7-8,10H2,1-6H3/b15-11+. The average molecular weight is 305 g/mol. The summed E-state index contributed by atoms with van der Waals surface area (Å²) in [6.07, 6.45) is 7.23. The van der Waals surface area contributed by atoms with Crippen molar-refractivity contribution >= 4 is 13.5 Å². The predicted octanol–water partition coefficient (Wildman–Crippen LogP) is 3.34. The third-order valence-corrected chi connectivity index (χ3v) is 4.60. The van der Waals surface area contributed by atoms with E-state index in [2.05, 4.69) is 0 Å². The van der Waals surface area contributed by atoms with Crippen LogP contribution in [0.2, 0.25) is 0 Å². The van der Waals surface area contributed by atoms with Crippen LogP contribution >= 0.6 is 0 Å². The molecule has 0 spiro atoms. The highest BCUT2D eigenvalue weighted by Crippen LogP contribution is 2.39. The number of hydrogen-bond acceptors (Lipinski definition) is 3. The van der Waals surface area contributed by atoms with E-state index in [9.17, 15) is 4.79 Å². The van der Waals surface area contributed by atoms with Crippen molar-refractivity contribution in [2.45, 2.75) is 65.6 Å². The van der Waals surface area contributed by atoms with Crippen molar-refractivity contribution in [3.63, 3.8) is 0 Å². The van der Waals surface area contributed by atoms with Crippen LogP contribution < -0.4 is 0 Å². The quantitative estimate of drug-likeness (QED) is 0.429. The third-order valence-electron chi connectivity index (χ3n) is 4.60. The molecule has 0 N–H and O–H groups in total. The molecule has 1 aliphatic heterocycles. The number of allylic oxidation sites excluding steroid dienone is 3. The molecule has 0 aromatic heterocycles. The van der Waals surface area contributed by atoms with Crippen LogP contribution in [0.15, 0.2) is 23.3 Å². The lowest BCUT2D eigenvalue weighted by Crippen LogP contribution is -2.41. The van der Waals surface area contributed by atoms with Crippen molar-refractivity contribution in [1.82, 2.24) is 4.90 Å². The molecule has 22 heavy (non-hydrogen) atoms. The minimum atomic E-state index is -0.443. The summed E-state index contributed by atoms with van der Waals surface area (Å²) < 4.78 is 12.2. The van der Waals surface area contributed by atoms with Gasteiger partial charge < -0.3 is 14.2 Å². The van der Waals surface area contributed by atoms with Crippen molar-refractivity contribution in [1.29, 1.82) is 0 Å². The highest BCUT2D eigenvalue weighted by Gasteiger charge is 2.52. The minimum absolute atomic E-state index is 0.380. The fraction of sp³-hybridized carbons (Fsp3) is 0.706. The molecule has 1 heterocycles. The molecular weight excluding hydrogens is 277 g/mol. The maximum absolute atomic E-state index is 11.3. The third kappa shape index (κ3) is 4.02. The lowest BCUT2D eigenvalue weighted by molar-refractivity contribution is -0.116. The van der Waals surface area contributed by atoms with Crippen LogP contribution in [0.4, 0.5) is 0 Å². The van der Waals surface area contributed by atoms with Crippen LogP contribution in [-0.4, -0.2) is 36.2 Å². The minimum Gasteiger partial charge on any atom is -0.399 e. The molecule has 122 valence electrons. The van der Waals surface area contributed by atoms with Crippen molar-refractivity contribution in [3.8, 4) is 0 Å². The maximum atomic E-state index is 11.3.